The van der Waals surface area contributed by atoms with Crippen molar-refractivity contribution < 1.29 is 0 Å². The van der Waals surface area contributed by atoms with E-state index in [0.717, 1.165) is 19.6 Å². The zero-order valence-corrected chi connectivity index (χ0v) is 12.2. The van der Waals surface area contributed by atoms with E-state index in [0.29, 0.717) is 6.04 Å². The molecule has 1 atom stereocenters. The minimum absolute atomic E-state index is 0.222. The molecule has 2 N–H and O–H groups in total. The number of hydrogen-bond donors (Lipinski definition) is 2. The Hall–Kier alpha value is 0.1000. The van der Waals surface area contributed by atoms with Crippen molar-refractivity contribution in [3.63, 3.8) is 0 Å². The Morgan fingerprint density at radius 3 is 3.00 bits per heavy atom. The van der Waals surface area contributed by atoms with Crippen LogP contribution in [0.25, 0.3) is 0 Å². The third kappa shape index (κ3) is 3.06. The maximum atomic E-state index is 3.66. The van der Waals surface area contributed by atoms with Crippen LogP contribution in [0, 0.1) is 0 Å². The van der Waals surface area contributed by atoms with Crippen molar-refractivity contribution in [3.8, 4) is 0 Å². The highest BCUT2D eigenvalue weighted by Gasteiger charge is 2.24. The average molecular weight is 303 g/mol. The van der Waals surface area contributed by atoms with E-state index < -0.39 is 0 Å². The van der Waals surface area contributed by atoms with Gasteiger partial charge in [0.25, 0.3) is 0 Å². The molecule has 16 heavy (non-hydrogen) atoms. The fourth-order valence-corrected chi connectivity index (χ4v) is 3.54. The summed E-state index contributed by atoms with van der Waals surface area (Å²) in [4.78, 5) is 1.44. The molecule has 0 saturated carbocycles. The summed E-state index contributed by atoms with van der Waals surface area (Å²) in [5.74, 6) is 0. The second-order valence-electron chi connectivity index (χ2n) is 5.08. The number of rotatable bonds is 4. The first-order valence-electron chi connectivity index (χ1n) is 5.76. The Labute approximate surface area is 110 Å². The molecule has 2 rings (SSSR count). The van der Waals surface area contributed by atoms with Crippen molar-refractivity contribution in [3.05, 3.63) is 20.8 Å². The van der Waals surface area contributed by atoms with Gasteiger partial charge in [0.2, 0.25) is 0 Å². The Morgan fingerprint density at radius 1 is 1.62 bits per heavy atom. The molecule has 1 unspecified atom stereocenters. The SMILES string of the molecule is CC(C)(CNC1CCNC1)c1cc(Br)cs1. The van der Waals surface area contributed by atoms with Gasteiger partial charge >= 0.3 is 0 Å². The van der Waals surface area contributed by atoms with Crippen LogP contribution in [0.2, 0.25) is 0 Å². The summed E-state index contributed by atoms with van der Waals surface area (Å²) in [5.41, 5.74) is 0.222. The van der Waals surface area contributed by atoms with Gasteiger partial charge in [0.1, 0.15) is 0 Å². The van der Waals surface area contributed by atoms with Crippen LogP contribution in [-0.2, 0) is 5.41 Å². The fraction of sp³-hybridized carbons (Fsp3) is 0.667. The summed E-state index contributed by atoms with van der Waals surface area (Å²) in [5, 5.41) is 9.20. The van der Waals surface area contributed by atoms with E-state index in [1.54, 1.807) is 0 Å². The fourth-order valence-electron chi connectivity index (χ4n) is 1.98. The molecule has 0 spiro atoms. The summed E-state index contributed by atoms with van der Waals surface area (Å²) in [7, 11) is 0. The first-order valence-corrected chi connectivity index (χ1v) is 7.44. The lowest BCUT2D eigenvalue weighted by Crippen LogP contribution is -2.39. The largest absolute Gasteiger partial charge is 0.315 e. The maximum Gasteiger partial charge on any atom is 0.0285 e. The highest BCUT2D eigenvalue weighted by Crippen LogP contribution is 2.31. The number of hydrogen-bond acceptors (Lipinski definition) is 3. The van der Waals surface area contributed by atoms with Gasteiger partial charge in [0, 0.05) is 39.3 Å². The molecule has 1 saturated heterocycles. The Balaban J connectivity index is 1.91. The Kier molecular flexibility index (Phi) is 4.06. The second-order valence-corrected chi connectivity index (χ2v) is 6.91. The van der Waals surface area contributed by atoms with Crippen LogP contribution >= 0.6 is 27.3 Å². The normalized spacial score (nSPS) is 21.6. The van der Waals surface area contributed by atoms with E-state index in [4.69, 9.17) is 0 Å². The first kappa shape index (κ1) is 12.6. The monoisotopic (exact) mass is 302 g/mol. The Morgan fingerprint density at radius 2 is 2.44 bits per heavy atom. The van der Waals surface area contributed by atoms with Crippen molar-refractivity contribution in [2.45, 2.75) is 31.7 Å². The van der Waals surface area contributed by atoms with Crippen LogP contribution in [-0.4, -0.2) is 25.7 Å². The van der Waals surface area contributed by atoms with Gasteiger partial charge in [-0.25, -0.2) is 0 Å². The molecule has 1 fully saturated rings. The molecule has 1 aliphatic heterocycles. The first-order chi connectivity index (χ1) is 7.58. The molecule has 90 valence electrons. The van der Waals surface area contributed by atoms with Gasteiger partial charge in [-0.2, -0.15) is 0 Å². The molecule has 2 heterocycles. The smallest absolute Gasteiger partial charge is 0.0285 e. The van der Waals surface area contributed by atoms with E-state index in [9.17, 15) is 0 Å². The summed E-state index contributed by atoms with van der Waals surface area (Å²) in [6.45, 7) is 7.93. The van der Waals surface area contributed by atoms with Crippen LogP contribution in [0.5, 0.6) is 0 Å². The van der Waals surface area contributed by atoms with E-state index in [1.165, 1.54) is 15.8 Å². The summed E-state index contributed by atoms with van der Waals surface area (Å²) in [6.07, 6.45) is 1.25. The predicted octanol–water partition coefficient (Wildman–Crippen LogP) is 2.74. The van der Waals surface area contributed by atoms with Crippen molar-refractivity contribution in [1.29, 1.82) is 0 Å². The van der Waals surface area contributed by atoms with Crippen LogP contribution in [0.3, 0.4) is 0 Å². The van der Waals surface area contributed by atoms with Gasteiger partial charge < -0.3 is 10.6 Å². The molecular formula is C12H19BrN2S. The van der Waals surface area contributed by atoms with Gasteiger partial charge in [0.15, 0.2) is 0 Å². The molecule has 1 aliphatic rings. The van der Waals surface area contributed by atoms with E-state index >= 15 is 0 Å². The zero-order chi connectivity index (χ0) is 11.6. The average Bonchev–Trinajstić information content (AvgIpc) is 2.85. The molecule has 2 nitrogen and oxygen atoms in total. The quantitative estimate of drug-likeness (QED) is 0.894. The Bertz CT molecular complexity index is 343. The third-order valence-electron chi connectivity index (χ3n) is 3.13. The lowest BCUT2D eigenvalue weighted by atomic mass is 9.91. The number of nitrogens with one attached hydrogen (secondary N) is 2. The molecule has 0 radical (unpaired) electrons. The second kappa shape index (κ2) is 5.17. The van der Waals surface area contributed by atoms with Crippen molar-refractivity contribution in [2.24, 2.45) is 0 Å². The number of halogens is 1. The van der Waals surface area contributed by atoms with Crippen LogP contribution in [0.1, 0.15) is 25.1 Å². The van der Waals surface area contributed by atoms with Crippen LogP contribution in [0.4, 0.5) is 0 Å². The summed E-state index contributed by atoms with van der Waals surface area (Å²) in [6, 6.07) is 2.89. The van der Waals surface area contributed by atoms with Gasteiger partial charge in [0.05, 0.1) is 0 Å². The number of thiophene rings is 1. The lowest BCUT2D eigenvalue weighted by Gasteiger charge is -2.25. The minimum atomic E-state index is 0.222. The highest BCUT2D eigenvalue weighted by molar-refractivity contribution is 9.10. The van der Waals surface area contributed by atoms with Crippen molar-refractivity contribution in [2.75, 3.05) is 19.6 Å². The molecule has 0 aliphatic carbocycles. The molecule has 1 aromatic rings. The molecule has 0 aromatic carbocycles. The minimum Gasteiger partial charge on any atom is -0.315 e. The van der Waals surface area contributed by atoms with Crippen molar-refractivity contribution >= 4 is 27.3 Å². The molecular weight excluding hydrogens is 284 g/mol. The molecule has 1 aromatic heterocycles. The third-order valence-corrected chi connectivity index (χ3v) is 5.18. The highest BCUT2D eigenvalue weighted by atomic mass is 79.9. The van der Waals surface area contributed by atoms with Crippen LogP contribution in [0.15, 0.2) is 15.9 Å². The van der Waals surface area contributed by atoms with Gasteiger partial charge in [-0.1, -0.05) is 13.8 Å². The van der Waals surface area contributed by atoms with E-state index in [2.05, 4.69) is 51.9 Å². The van der Waals surface area contributed by atoms with Crippen molar-refractivity contribution in [1.82, 2.24) is 10.6 Å². The van der Waals surface area contributed by atoms with Crippen LogP contribution < -0.4 is 10.6 Å². The molecule has 0 bridgehead atoms. The predicted molar refractivity (Wildman–Crippen MR) is 74.3 cm³/mol. The van der Waals surface area contributed by atoms with Gasteiger partial charge in [-0.3, -0.25) is 0 Å². The lowest BCUT2D eigenvalue weighted by molar-refractivity contribution is 0.434. The maximum absolute atomic E-state index is 3.66. The summed E-state index contributed by atoms with van der Waals surface area (Å²) < 4.78 is 1.20. The van der Waals surface area contributed by atoms with E-state index in [-0.39, 0.29) is 5.41 Å². The van der Waals surface area contributed by atoms with Gasteiger partial charge in [-0.05, 0) is 35.0 Å². The molecule has 0 amide bonds. The van der Waals surface area contributed by atoms with Gasteiger partial charge in [-0.15, -0.1) is 11.3 Å². The summed E-state index contributed by atoms with van der Waals surface area (Å²) >= 11 is 5.36. The van der Waals surface area contributed by atoms with E-state index in [1.807, 2.05) is 11.3 Å². The zero-order valence-electron chi connectivity index (χ0n) is 9.85. The standard InChI is InChI=1S/C12H19BrN2S/c1-12(2,11-5-9(13)7-16-11)8-15-10-3-4-14-6-10/h5,7,10,14-15H,3-4,6,8H2,1-2H3. The molecule has 4 heteroatoms. The topological polar surface area (TPSA) is 24.1 Å².